The Balaban J connectivity index is 2.22. The third-order valence-corrected chi connectivity index (χ3v) is 3.78. The molecule has 0 radical (unpaired) electrons. The average molecular weight is 351 g/mol. The van der Waals surface area contributed by atoms with Crippen LogP contribution in [0.15, 0.2) is 29.3 Å². The van der Waals surface area contributed by atoms with Gasteiger partial charge in [0.15, 0.2) is 5.96 Å². The standard InChI is InChI=1S/C19H30FN3O2/c1-3-21-19(22-14-9-5-4-6-12-18(24)25-2)23-15-13-16-10-7-8-11-17(16)20/h7-8,10-11H,3-6,9,12-15H2,1-2H3,(H2,21,22,23). The normalized spacial score (nSPS) is 11.2. The number of unbranched alkanes of at least 4 members (excludes halogenated alkanes) is 3. The molecular formula is C19H30FN3O2. The number of rotatable bonds is 11. The smallest absolute Gasteiger partial charge is 0.305 e. The van der Waals surface area contributed by atoms with E-state index in [2.05, 4.69) is 20.4 Å². The molecule has 6 heteroatoms. The van der Waals surface area contributed by atoms with Crippen LogP contribution in [0.3, 0.4) is 0 Å². The zero-order valence-corrected chi connectivity index (χ0v) is 15.3. The van der Waals surface area contributed by atoms with Crippen LogP contribution in [0.25, 0.3) is 0 Å². The first kappa shape index (κ1) is 20.9. The van der Waals surface area contributed by atoms with E-state index in [0.29, 0.717) is 24.9 Å². The van der Waals surface area contributed by atoms with Gasteiger partial charge in [-0.1, -0.05) is 31.0 Å². The van der Waals surface area contributed by atoms with E-state index in [1.807, 2.05) is 13.0 Å². The maximum atomic E-state index is 13.6. The number of nitrogens with zero attached hydrogens (tertiary/aromatic N) is 1. The molecule has 1 rings (SSSR count). The first-order valence-electron chi connectivity index (χ1n) is 8.99. The largest absolute Gasteiger partial charge is 0.469 e. The van der Waals surface area contributed by atoms with E-state index in [1.165, 1.54) is 13.2 Å². The maximum absolute atomic E-state index is 13.6. The molecule has 0 saturated carbocycles. The highest BCUT2D eigenvalue weighted by atomic mass is 19.1. The van der Waals surface area contributed by atoms with E-state index in [1.54, 1.807) is 12.1 Å². The molecule has 0 atom stereocenters. The van der Waals surface area contributed by atoms with Gasteiger partial charge in [0.2, 0.25) is 0 Å². The van der Waals surface area contributed by atoms with Crippen LogP contribution < -0.4 is 10.6 Å². The number of esters is 1. The van der Waals surface area contributed by atoms with E-state index in [9.17, 15) is 9.18 Å². The summed E-state index contributed by atoms with van der Waals surface area (Å²) in [5, 5.41) is 6.42. The topological polar surface area (TPSA) is 62.7 Å². The Labute approximate surface area is 150 Å². The Hall–Kier alpha value is -2.11. The fraction of sp³-hybridized carbons (Fsp3) is 0.579. The van der Waals surface area contributed by atoms with Gasteiger partial charge in [0.1, 0.15) is 5.82 Å². The highest BCUT2D eigenvalue weighted by Gasteiger charge is 2.02. The minimum Gasteiger partial charge on any atom is -0.469 e. The van der Waals surface area contributed by atoms with Crippen molar-refractivity contribution in [3.8, 4) is 0 Å². The van der Waals surface area contributed by atoms with Crippen molar-refractivity contribution in [2.45, 2.75) is 45.4 Å². The SMILES string of the molecule is CCNC(=NCCCCCCC(=O)OC)NCCc1ccccc1F. The van der Waals surface area contributed by atoms with Crippen molar-refractivity contribution in [2.24, 2.45) is 4.99 Å². The molecular weight excluding hydrogens is 321 g/mol. The molecule has 0 fully saturated rings. The van der Waals surface area contributed by atoms with E-state index >= 15 is 0 Å². The first-order valence-corrected chi connectivity index (χ1v) is 8.99. The number of guanidine groups is 1. The van der Waals surface area contributed by atoms with Gasteiger partial charge < -0.3 is 15.4 Å². The summed E-state index contributed by atoms with van der Waals surface area (Å²) < 4.78 is 18.2. The Bertz CT molecular complexity index is 535. The molecule has 1 aromatic carbocycles. The number of carbonyl (C=O) groups is 1. The molecule has 2 N–H and O–H groups in total. The molecule has 5 nitrogen and oxygen atoms in total. The summed E-state index contributed by atoms with van der Waals surface area (Å²) in [6.07, 6.45) is 4.98. The van der Waals surface area contributed by atoms with E-state index in [-0.39, 0.29) is 11.8 Å². The number of aliphatic imine (C=N–C) groups is 1. The van der Waals surface area contributed by atoms with E-state index < -0.39 is 0 Å². The van der Waals surface area contributed by atoms with Crippen LogP contribution in [0.2, 0.25) is 0 Å². The van der Waals surface area contributed by atoms with Crippen LogP contribution in [0, 0.1) is 5.82 Å². The monoisotopic (exact) mass is 351 g/mol. The summed E-state index contributed by atoms with van der Waals surface area (Å²) in [5.74, 6) is 0.443. The number of ether oxygens (including phenoxy) is 1. The number of hydrogen-bond acceptors (Lipinski definition) is 3. The molecule has 0 amide bonds. The second kappa shape index (κ2) is 13.2. The number of carbonyl (C=O) groups excluding carboxylic acids is 1. The van der Waals surface area contributed by atoms with Gasteiger partial charge in [-0.25, -0.2) is 4.39 Å². The summed E-state index contributed by atoms with van der Waals surface area (Å²) in [4.78, 5) is 15.5. The quantitative estimate of drug-likeness (QED) is 0.278. The summed E-state index contributed by atoms with van der Waals surface area (Å²) in [6.45, 7) is 4.16. The number of nitrogens with one attached hydrogen (secondary N) is 2. The van der Waals surface area contributed by atoms with Gasteiger partial charge in [0.25, 0.3) is 0 Å². The third kappa shape index (κ3) is 9.69. The van der Waals surface area contributed by atoms with Gasteiger partial charge in [-0.15, -0.1) is 0 Å². The van der Waals surface area contributed by atoms with Gasteiger partial charge in [0, 0.05) is 26.1 Å². The summed E-state index contributed by atoms with van der Waals surface area (Å²) >= 11 is 0. The average Bonchev–Trinajstić information content (AvgIpc) is 2.62. The lowest BCUT2D eigenvalue weighted by atomic mass is 10.1. The van der Waals surface area contributed by atoms with Crippen LogP contribution in [-0.4, -0.2) is 38.7 Å². The molecule has 140 valence electrons. The van der Waals surface area contributed by atoms with Crippen LogP contribution in [-0.2, 0) is 16.0 Å². The molecule has 0 aromatic heterocycles. The summed E-state index contributed by atoms with van der Waals surface area (Å²) in [5.41, 5.74) is 0.705. The summed E-state index contributed by atoms with van der Waals surface area (Å²) in [6, 6.07) is 6.82. The molecule has 0 aliphatic rings. The molecule has 0 spiro atoms. The Morgan fingerprint density at radius 3 is 2.64 bits per heavy atom. The van der Waals surface area contributed by atoms with Crippen molar-refractivity contribution in [3.05, 3.63) is 35.6 Å². The van der Waals surface area contributed by atoms with Gasteiger partial charge in [0.05, 0.1) is 7.11 Å². The van der Waals surface area contributed by atoms with Gasteiger partial charge >= 0.3 is 5.97 Å². The zero-order valence-electron chi connectivity index (χ0n) is 15.3. The van der Waals surface area contributed by atoms with Gasteiger partial charge in [-0.2, -0.15) is 0 Å². The van der Waals surface area contributed by atoms with Crippen molar-refractivity contribution < 1.29 is 13.9 Å². The fourth-order valence-electron chi connectivity index (χ4n) is 2.39. The van der Waals surface area contributed by atoms with Crippen molar-refractivity contribution in [2.75, 3.05) is 26.7 Å². The van der Waals surface area contributed by atoms with Crippen LogP contribution in [0.4, 0.5) is 4.39 Å². The number of halogens is 1. The van der Waals surface area contributed by atoms with Crippen LogP contribution in [0.1, 0.15) is 44.6 Å². The van der Waals surface area contributed by atoms with E-state index in [0.717, 1.165) is 44.7 Å². The number of methoxy groups -OCH3 is 1. The zero-order chi connectivity index (χ0) is 18.3. The van der Waals surface area contributed by atoms with Crippen molar-refractivity contribution in [1.29, 1.82) is 0 Å². The minimum absolute atomic E-state index is 0.147. The van der Waals surface area contributed by atoms with Crippen molar-refractivity contribution >= 4 is 11.9 Å². The second-order valence-electron chi connectivity index (χ2n) is 5.77. The molecule has 0 bridgehead atoms. The third-order valence-electron chi connectivity index (χ3n) is 3.78. The Kier molecular flexibility index (Phi) is 11.1. The molecule has 0 aliphatic carbocycles. The van der Waals surface area contributed by atoms with Crippen LogP contribution in [0.5, 0.6) is 0 Å². The summed E-state index contributed by atoms with van der Waals surface area (Å²) in [7, 11) is 1.42. The van der Waals surface area contributed by atoms with Gasteiger partial charge in [-0.05, 0) is 37.8 Å². The molecule has 1 aromatic rings. The lowest BCUT2D eigenvalue weighted by Gasteiger charge is -2.11. The van der Waals surface area contributed by atoms with E-state index in [4.69, 9.17) is 0 Å². The number of benzene rings is 1. The Morgan fingerprint density at radius 1 is 1.16 bits per heavy atom. The minimum atomic E-state index is -0.168. The fourth-order valence-corrected chi connectivity index (χ4v) is 2.39. The lowest BCUT2D eigenvalue weighted by molar-refractivity contribution is -0.140. The second-order valence-corrected chi connectivity index (χ2v) is 5.77. The molecule has 0 heterocycles. The molecule has 0 unspecified atom stereocenters. The van der Waals surface area contributed by atoms with Gasteiger partial charge in [-0.3, -0.25) is 9.79 Å². The van der Waals surface area contributed by atoms with Crippen molar-refractivity contribution in [3.63, 3.8) is 0 Å². The molecule has 0 saturated heterocycles. The predicted octanol–water partition coefficient (Wildman–Crippen LogP) is 3.05. The number of hydrogen-bond donors (Lipinski definition) is 2. The molecule has 0 aliphatic heterocycles. The highest BCUT2D eigenvalue weighted by molar-refractivity contribution is 5.79. The highest BCUT2D eigenvalue weighted by Crippen LogP contribution is 2.06. The lowest BCUT2D eigenvalue weighted by Crippen LogP contribution is -2.38. The maximum Gasteiger partial charge on any atom is 0.305 e. The van der Waals surface area contributed by atoms with Crippen LogP contribution >= 0.6 is 0 Å². The molecule has 25 heavy (non-hydrogen) atoms. The van der Waals surface area contributed by atoms with Crippen molar-refractivity contribution in [1.82, 2.24) is 10.6 Å². The Morgan fingerprint density at radius 2 is 1.92 bits per heavy atom. The first-order chi connectivity index (χ1) is 12.2. The predicted molar refractivity (Wildman–Crippen MR) is 99.2 cm³/mol.